The first-order valence-corrected chi connectivity index (χ1v) is 8.43. The van der Waals surface area contributed by atoms with Gasteiger partial charge in [-0.15, -0.1) is 6.58 Å². The molecule has 1 aliphatic rings. The third kappa shape index (κ3) is 5.04. The number of benzene rings is 1. The molecule has 6 heteroatoms. The highest BCUT2D eigenvalue weighted by Gasteiger charge is 2.11. The van der Waals surface area contributed by atoms with E-state index in [4.69, 9.17) is 13.9 Å². The number of hydrogen-bond acceptors (Lipinski definition) is 4. The van der Waals surface area contributed by atoms with Crippen LogP contribution in [0.15, 0.2) is 58.7 Å². The topological polar surface area (TPSA) is 68.0 Å². The Labute approximate surface area is 147 Å². The highest BCUT2D eigenvalue weighted by Crippen LogP contribution is 2.32. The van der Waals surface area contributed by atoms with Gasteiger partial charge in [-0.1, -0.05) is 6.08 Å². The van der Waals surface area contributed by atoms with Crippen LogP contribution >= 0.6 is 0 Å². The molecule has 1 aliphatic heterocycles. The fourth-order valence-electron chi connectivity index (χ4n) is 2.42. The molecular weight excluding hydrogens is 318 g/mol. The van der Waals surface area contributed by atoms with Gasteiger partial charge in [-0.25, -0.2) is 0 Å². The van der Waals surface area contributed by atoms with Crippen molar-refractivity contribution in [2.75, 3.05) is 31.6 Å². The normalized spacial score (nSPS) is 13.8. The zero-order chi connectivity index (χ0) is 17.3. The number of ether oxygens (including phenoxy) is 2. The van der Waals surface area contributed by atoms with Gasteiger partial charge >= 0.3 is 0 Å². The van der Waals surface area contributed by atoms with E-state index >= 15 is 0 Å². The number of hydrogen-bond donors (Lipinski definition) is 2. The molecule has 0 atom stereocenters. The van der Waals surface area contributed by atoms with Crippen LogP contribution in [0.4, 0.5) is 5.69 Å². The van der Waals surface area contributed by atoms with Gasteiger partial charge in [-0.3, -0.25) is 4.99 Å². The first kappa shape index (κ1) is 17.0. The van der Waals surface area contributed by atoms with E-state index in [9.17, 15) is 0 Å². The Bertz CT molecular complexity index is 711. The zero-order valence-corrected chi connectivity index (χ0v) is 14.2. The molecule has 0 unspecified atom stereocenters. The van der Waals surface area contributed by atoms with Crippen LogP contribution in [0.25, 0.3) is 0 Å². The summed E-state index contributed by atoms with van der Waals surface area (Å²) in [6, 6.07) is 9.62. The van der Waals surface area contributed by atoms with Crippen LogP contribution in [0.3, 0.4) is 0 Å². The third-order valence-corrected chi connectivity index (χ3v) is 3.63. The van der Waals surface area contributed by atoms with Crippen LogP contribution in [0, 0.1) is 0 Å². The fourth-order valence-corrected chi connectivity index (χ4v) is 2.42. The maximum atomic E-state index is 5.73. The molecule has 2 N–H and O–H groups in total. The van der Waals surface area contributed by atoms with Crippen LogP contribution in [0.1, 0.15) is 12.2 Å². The van der Waals surface area contributed by atoms with E-state index in [1.807, 2.05) is 30.3 Å². The summed E-state index contributed by atoms with van der Waals surface area (Å²) in [4.78, 5) is 4.58. The number of fused-ring (bicyclic) bond motifs is 1. The van der Waals surface area contributed by atoms with Gasteiger partial charge in [0.15, 0.2) is 17.5 Å². The maximum absolute atomic E-state index is 5.73. The van der Waals surface area contributed by atoms with Crippen molar-refractivity contribution < 1.29 is 13.9 Å². The SMILES string of the molecule is C=CCNC(=NCCc1ccco1)Nc1ccc2c(c1)OCCCO2. The van der Waals surface area contributed by atoms with Crippen molar-refractivity contribution in [1.82, 2.24) is 5.32 Å². The number of nitrogens with one attached hydrogen (secondary N) is 2. The fraction of sp³-hybridized carbons (Fsp3) is 0.316. The minimum atomic E-state index is 0.616. The molecule has 132 valence electrons. The molecule has 0 aliphatic carbocycles. The molecule has 0 amide bonds. The van der Waals surface area contributed by atoms with E-state index in [-0.39, 0.29) is 0 Å². The van der Waals surface area contributed by atoms with Crippen molar-refractivity contribution in [1.29, 1.82) is 0 Å². The Balaban J connectivity index is 1.66. The third-order valence-electron chi connectivity index (χ3n) is 3.63. The average molecular weight is 341 g/mol. The molecule has 2 heterocycles. The van der Waals surface area contributed by atoms with E-state index in [2.05, 4.69) is 22.2 Å². The molecule has 6 nitrogen and oxygen atoms in total. The Morgan fingerprint density at radius 3 is 2.88 bits per heavy atom. The number of guanidine groups is 1. The van der Waals surface area contributed by atoms with Gasteiger partial charge in [0.2, 0.25) is 0 Å². The van der Waals surface area contributed by atoms with Crippen molar-refractivity contribution in [2.45, 2.75) is 12.8 Å². The second-order valence-corrected chi connectivity index (χ2v) is 5.57. The number of aliphatic imine (C=N–C) groups is 1. The number of anilines is 1. The molecule has 0 spiro atoms. The highest BCUT2D eigenvalue weighted by atomic mass is 16.5. The van der Waals surface area contributed by atoms with Crippen LogP contribution < -0.4 is 20.1 Å². The van der Waals surface area contributed by atoms with Crippen LogP contribution in [-0.2, 0) is 6.42 Å². The second kappa shape index (κ2) is 8.82. The molecule has 0 fully saturated rings. The van der Waals surface area contributed by atoms with Gasteiger partial charge < -0.3 is 24.5 Å². The Kier molecular flexibility index (Phi) is 5.98. The molecule has 1 aromatic carbocycles. The van der Waals surface area contributed by atoms with Gasteiger partial charge in [-0.2, -0.15) is 0 Å². The molecule has 2 aromatic rings. The predicted molar refractivity (Wildman–Crippen MR) is 98.6 cm³/mol. The molecule has 0 saturated heterocycles. The Morgan fingerprint density at radius 2 is 2.08 bits per heavy atom. The number of nitrogens with zero attached hydrogens (tertiary/aromatic N) is 1. The standard InChI is InChI=1S/C19H23N3O3/c1-2-9-20-19(21-10-8-16-5-3-11-23-16)22-15-6-7-17-18(14-15)25-13-4-12-24-17/h2-3,5-7,11,14H,1,4,8-10,12-13H2,(H2,20,21,22). The van der Waals surface area contributed by atoms with Crippen molar-refractivity contribution >= 4 is 11.6 Å². The quantitative estimate of drug-likeness (QED) is 0.480. The van der Waals surface area contributed by atoms with Gasteiger partial charge in [0, 0.05) is 37.7 Å². The van der Waals surface area contributed by atoms with Crippen molar-refractivity contribution in [3.8, 4) is 11.5 Å². The molecule has 25 heavy (non-hydrogen) atoms. The lowest BCUT2D eigenvalue weighted by molar-refractivity contribution is 0.297. The summed E-state index contributed by atoms with van der Waals surface area (Å²) in [5.74, 6) is 3.13. The number of furan rings is 1. The summed E-state index contributed by atoms with van der Waals surface area (Å²) in [7, 11) is 0. The minimum Gasteiger partial charge on any atom is -0.490 e. The van der Waals surface area contributed by atoms with Crippen LogP contribution in [-0.4, -0.2) is 32.3 Å². The van der Waals surface area contributed by atoms with Crippen molar-refractivity contribution in [3.63, 3.8) is 0 Å². The number of rotatable bonds is 6. The predicted octanol–water partition coefficient (Wildman–Crippen LogP) is 3.23. The lowest BCUT2D eigenvalue weighted by Gasteiger charge is -2.13. The van der Waals surface area contributed by atoms with Crippen LogP contribution in [0.5, 0.6) is 11.5 Å². The lowest BCUT2D eigenvalue weighted by Crippen LogP contribution is -2.31. The van der Waals surface area contributed by atoms with E-state index in [0.29, 0.717) is 32.3 Å². The van der Waals surface area contributed by atoms with E-state index < -0.39 is 0 Å². The monoisotopic (exact) mass is 341 g/mol. The molecular formula is C19H23N3O3. The van der Waals surface area contributed by atoms with Crippen LogP contribution in [0.2, 0.25) is 0 Å². The minimum absolute atomic E-state index is 0.616. The second-order valence-electron chi connectivity index (χ2n) is 5.57. The van der Waals surface area contributed by atoms with E-state index in [0.717, 1.165) is 35.8 Å². The summed E-state index contributed by atoms with van der Waals surface area (Å²) < 4.78 is 16.7. The maximum Gasteiger partial charge on any atom is 0.196 e. The van der Waals surface area contributed by atoms with Gasteiger partial charge in [0.05, 0.1) is 19.5 Å². The summed E-state index contributed by atoms with van der Waals surface area (Å²) in [5, 5.41) is 6.50. The highest BCUT2D eigenvalue weighted by molar-refractivity contribution is 5.94. The van der Waals surface area contributed by atoms with Gasteiger partial charge in [0.1, 0.15) is 5.76 Å². The van der Waals surface area contributed by atoms with E-state index in [1.165, 1.54) is 0 Å². The summed E-state index contributed by atoms with van der Waals surface area (Å²) in [5.41, 5.74) is 0.887. The summed E-state index contributed by atoms with van der Waals surface area (Å²) >= 11 is 0. The lowest BCUT2D eigenvalue weighted by atomic mass is 10.2. The van der Waals surface area contributed by atoms with E-state index in [1.54, 1.807) is 12.3 Å². The van der Waals surface area contributed by atoms with Gasteiger partial charge in [-0.05, 0) is 24.3 Å². The first-order valence-electron chi connectivity index (χ1n) is 8.43. The first-order chi connectivity index (χ1) is 12.3. The average Bonchev–Trinajstić information content (AvgIpc) is 3.03. The Hall–Kier alpha value is -2.89. The Morgan fingerprint density at radius 1 is 1.20 bits per heavy atom. The summed E-state index contributed by atoms with van der Waals surface area (Å²) in [6.45, 7) is 6.31. The largest absolute Gasteiger partial charge is 0.490 e. The molecule has 0 bridgehead atoms. The van der Waals surface area contributed by atoms with Crippen molar-refractivity contribution in [2.24, 2.45) is 4.99 Å². The van der Waals surface area contributed by atoms with Crippen molar-refractivity contribution in [3.05, 3.63) is 55.0 Å². The molecule has 0 saturated carbocycles. The zero-order valence-electron chi connectivity index (χ0n) is 14.2. The van der Waals surface area contributed by atoms with Gasteiger partial charge in [0.25, 0.3) is 0 Å². The molecule has 0 radical (unpaired) electrons. The summed E-state index contributed by atoms with van der Waals surface area (Å²) in [6.07, 6.45) is 5.09. The molecule has 3 rings (SSSR count). The molecule has 1 aromatic heterocycles. The smallest absolute Gasteiger partial charge is 0.196 e.